The van der Waals surface area contributed by atoms with Crippen LogP contribution >= 0.6 is 0 Å². The molecule has 0 radical (unpaired) electrons. The highest BCUT2D eigenvalue weighted by molar-refractivity contribution is 5.80. The van der Waals surface area contributed by atoms with E-state index in [1.165, 1.54) is 12.8 Å². The zero-order valence-corrected chi connectivity index (χ0v) is 19.1. The summed E-state index contributed by atoms with van der Waals surface area (Å²) in [6, 6.07) is 6.36. The first-order valence-corrected chi connectivity index (χ1v) is 11.4. The van der Waals surface area contributed by atoms with E-state index < -0.39 is 0 Å². The van der Waals surface area contributed by atoms with Crippen molar-refractivity contribution in [2.45, 2.75) is 57.2 Å². The number of amides is 1. The van der Waals surface area contributed by atoms with Gasteiger partial charge in [-0.05, 0) is 44.6 Å². The summed E-state index contributed by atoms with van der Waals surface area (Å²) in [5.41, 5.74) is 1.06. The van der Waals surface area contributed by atoms with Crippen molar-refractivity contribution in [3.8, 4) is 11.5 Å². The molecule has 0 unspecified atom stereocenters. The third-order valence-electron chi connectivity index (χ3n) is 6.11. The van der Waals surface area contributed by atoms with Crippen LogP contribution in [0.5, 0.6) is 11.5 Å². The van der Waals surface area contributed by atoms with E-state index in [1.807, 2.05) is 12.1 Å². The first-order chi connectivity index (χ1) is 15.1. The predicted octanol–water partition coefficient (Wildman–Crippen LogP) is 1.89. The Morgan fingerprint density at radius 2 is 1.94 bits per heavy atom. The topological polar surface area (TPSA) is 87.2 Å². The molecule has 1 saturated carbocycles. The zero-order chi connectivity index (χ0) is 22.1. The molecule has 3 rings (SSSR count). The van der Waals surface area contributed by atoms with Gasteiger partial charge in [-0.2, -0.15) is 0 Å². The summed E-state index contributed by atoms with van der Waals surface area (Å²) < 4.78 is 11.9. The number of para-hydroxylation sites is 1. The van der Waals surface area contributed by atoms with Crippen LogP contribution in [0.25, 0.3) is 0 Å². The summed E-state index contributed by atoms with van der Waals surface area (Å²) in [7, 11) is 5.15. The number of nitrogens with zero attached hydrogens (tertiary/aromatic N) is 2. The maximum Gasteiger partial charge on any atom is 0.233 e. The van der Waals surface area contributed by atoms with Gasteiger partial charge in [-0.15, -0.1) is 0 Å². The average molecular weight is 432 g/mol. The standard InChI is InChI=1S/C23H37N5O3/c1-24-21(29)16-28-13-11-18(12-14-28)27-23(25-2)26-15-17-7-6-10-20(30-3)22(17)31-19-8-4-5-9-19/h6-7,10,18-19H,4-5,8-9,11-16H2,1-3H3,(H,24,29)(H2,25,26,27). The van der Waals surface area contributed by atoms with E-state index in [-0.39, 0.29) is 12.0 Å². The minimum atomic E-state index is 0.0674. The lowest BCUT2D eigenvalue weighted by molar-refractivity contribution is -0.122. The summed E-state index contributed by atoms with van der Waals surface area (Å²) in [5, 5.41) is 9.64. The second-order valence-electron chi connectivity index (χ2n) is 8.27. The molecule has 2 fully saturated rings. The molecule has 1 aliphatic heterocycles. The number of rotatable bonds is 8. The van der Waals surface area contributed by atoms with Crippen LogP contribution in [0.1, 0.15) is 44.1 Å². The van der Waals surface area contributed by atoms with Gasteiger partial charge in [-0.25, -0.2) is 0 Å². The summed E-state index contributed by atoms with van der Waals surface area (Å²) in [6.45, 7) is 2.87. The number of methoxy groups -OCH3 is 1. The molecule has 0 bridgehead atoms. The molecule has 0 spiro atoms. The van der Waals surface area contributed by atoms with Crippen molar-refractivity contribution in [1.82, 2.24) is 20.9 Å². The number of likely N-dealkylation sites (tertiary alicyclic amines) is 1. The van der Waals surface area contributed by atoms with E-state index in [4.69, 9.17) is 9.47 Å². The highest BCUT2D eigenvalue weighted by Crippen LogP contribution is 2.34. The number of likely N-dealkylation sites (N-methyl/N-ethyl adjacent to an activating group) is 1. The van der Waals surface area contributed by atoms with E-state index in [0.29, 0.717) is 19.1 Å². The minimum absolute atomic E-state index is 0.0674. The number of piperidine rings is 1. The first kappa shape index (κ1) is 23.2. The minimum Gasteiger partial charge on any atom is -0.493 e. The SMILES string of the molecule is CN=C(NCc1cccc(OC)c1OC1CCCC1)NC1CCN(CC(=O)NC)CC1. The molecule has 2 aliphatic rings. The van der Waals surface area contributed by atoms with Gasteiger partial charge in [0.25, 0.3) is 0 Å². The molecule has 1 aliphatic carbocycles. The van der Waals surface area contributed by atoms with E-state index in [2.05, 4.69) is 31.9 Å². The van der Waals surface area contributed by atoms with Gasteiger partial charge >= 0.3 is 0 Å². The average Bonchev–Trinajstić information content (AvgIpc) is 3.31. The first-order valence-electron chi connectivity index (χ1n) is 11.4. The lowest BCUT2D eigenvalue weighted by atomic mass is 10.1. The van der Waals surface area contributed by atoms with Crippen LogP contribution in [-0.2, 0) is 11.3 Å². The number of aliphatic imine (C=N–C) groups is 1. The van der Waals surface area contributed by atoms with Crippen molar-refractivity contribution in [2.75, 3.05) is 40.8 Å². The maximum absolute atomic E-state index is 11.6. The molecule has 1 heterocycles. The number of benzene rings is 1. The molecule has 8 nitrogen and oxygen atoms in total. The van der Waals surface area contributed by atoms with Crippen molar-refractivity contribution in [3.63, 3.8) is 0 Å². The van der Waals surface area contributed by atoms with Gasteiger partial charge in [-0.3, -0.25) is 14.7 Å². The Morgan fingerprint density at radius 3 is 2.58 bits per heavy atom. The quantitative estimate of drug-likeness (QED) is 0.430. The van der Waals surface area contributed by atoms with Gasteiger partial charge in [0.05, 0.1) is 19.8 Å². The van der Waals surface area contributed by atoms with Gasteiger partial charge in [0, 0.05) is 45.3 Å². The molecule has 8 heteroatoms. The Labute approximate surface area is 185 Å². The molecule has 1 aromatic carbocycles. The van der Waals surface area contributed by atoms with E-state index in [0.717, 1.165) is 61.8 Å². The number of hydrogen-bond acceptors (Lipinski definition) is 5. The summed E-state index contributed by atoms with van der Waals surface area (Å²) >= 11 is 0. The van der Waals surface area contributed by atoms with E-state index >= 15 is 0 Å². The van der Waals surface area contributed by atoms with Crippen LogP contribution in [0, 0.1) is 0 Å². The molecule has 1 saturated heterocycles. The smallest absolute Gasteiger partial charge is 0.233 e. The molecule has 1 amide bonds. The van der Waals surface area contributed by atoms with Crippen molar-refractivity contribution < 1.29 is 14.3 Å². The molecular formula is C23H37N5O3. The molecule has 0 aromatic heterocycles. The number of carbonyl (C=O) groups is 1. The fraction of sp³-hybridized carbons (Fsp3) is 0.652. The summed E-state index contributed by atoms with van der Waals surface area (Å²) in [5.74, 6) is 2.46. The lowest BCUT2D eigenvalue weighted by Crippen LogP contribution is -2.49. The van der Waals surface area contributed by atoms with Gasteiger partial charge in [0.1, 0.15) is 0 Å². The third-order valence-corrected chi connectivity index (χ3v) is 6.11. The normalized spacial score (nSPS) is 18.6. The summed E-state index contributed by atoms with van der Waals surface area (Å²) in [4.78, 5) is 18.2. The summed E-state index contributed by atoms with van der Waals surface area (Å²) in [6.07, 6.45) is 6.89. The van der Waals surface area contributed by atoms with Crippen molar-refractivity contribution >= 4 is 11.9 Å². The van der Waals surface area contributed by atoms with Crippen LogP contribution in [0.3, 0.4) is 0 Å². The molecule has 3 N–H and O–H groups in total. The van der Waals surface area contributed by atoms with Crippen molar-refractivity contribution in [2.24, 2.45) is 4.99 Å². The van der Waals surface area contributed by atoms with Crippen LogP contribution in [0.4, 0.5) is 0 Å². The molecule has 31 heavy (non-hydrogen) atoms. The predicted molar refractivity (Wildman–Crippen MR) is 123 cm³/mol. The van der Waals surface area contributed by atoms with Crippen molar-refractivity contribution in [3.05, 3.63) is 23.8 Å². The van der Waals surface area contributed by atoms with Crippen LogP contribution in [0.2, 0.25) is 0 Å². The fourth-order valence-corrected chi connectivity index (χ4v) is 4.25. The van der Waals surface area contributed by atoms with Gasteiger partial charge < -0.3 is 25.4 Å². The number of guanidine groups is 1. The Morgan fingerprint density at radius 1 is 1.19 bits per heavy atom. The van der Waals surface area contributed by atoms with Crippen LogP contribution in [-0.4, -0.2) is 69.8 Å². The van der Waals surface area contributed by atoms with Crippen molar-refractivity contribution in [1.29, 1.82) is 0 Å². The highest BCUT2D eigenvalue weighted by atomic mass is 16.5. The largest absolute Gasteiger partial charge is 0.493 e. The number of ether oxygens (including phenoxy) is 2. The monoisotopic (exact) mass is 431 g/mol. The van der Waals surface area contributed by atoms with E-state index in [9.17, 15) is 4.79 Å². The number of carbonyl (C=O) groups excluding carboxylic acids is 1. The van der Waals surface area contributed by atoms with E-state index in [1.54, 1.807) is 21.2 Å². The Balaban J connectivity index is 1.53. The van der Waals surface area contributed by atoms with Gasteiger partial charge in [0.15, 0.2) is 17.5 Å². The lowest BCUT2D eigenvalue weighted by Gasteiger charge is -2.32. The maximum atomic E-state index is 11.6. The number of hydrogen-bond donors (Lipinski definition) is 3. The molecule has 172 valence electrons. The van der Waals surface area contributed by atoms with Gasteiger partial charge in [-0.1, -0.05) is 12.1 Å². The Kier molecular flexibility index (Phi) is 8.82. The second-order valence-corrected chi connectivity index (χ2v) is 8.27. The molecular weight excluding hydrogens is 394 g/mol. The van der Waals surface area contributed by atoms with Gasteiger partial charge in [0.2, 0.25) is 5.91 Å². The Hall–Kier alpha value is -2.48. The molecule has 1 aromatic rings. The van der Waals surface area contributed by atoms with Crippen LogP contribution < -0.4 is 25.4 Å². The van der Waals surface area contributed by atoms with Crippen LogP contribution in [0.15, 0.2) is 23.2 Å². The fourth-order valence-electron chi connectivity index (χ4n) is 4.25. The third kappa shape index (κ3) is 6.75. The number of nitrogens with one attached hydrogen (secondary N) is 3. The highest BCUT2D eigenvalue weighted by Gasteiger charge is 2.22. The second kappa shape index (κ2) is 11.8. The Bertz CT molecular complexity index is 741. The zero-order valence-electron chi connectivity index (χ0n) is 19.1. The molecule has 0 atom stereocenters.